The van der Waals surface area contributed by atoms with E-state index in [9.17, 15) is 0 Å². The van der Waals surface area contributed by atoms with E-state index in [1.807, 2.05) is 60.7 Å². The van der Waals surface area contributed by atoms with Gasteiger partial charge in [0.2, 0.25) is 0 Å². The van der Waals surface area contributed by atoms with Crippen LogP contribution in [0.25, 0.3) is 11.5 Å². The number of ether oxygens (including phenoxy) is 2. The minimum absolute atomic E-state index is 0.740. The molecule has 0 fully saturated rings. The van der Waals surface area contributed by atoms with Gasteiger partial charge in [0.15, 0.2) is 11.5 Å². The Morgan fingerprint density at radius 2 is 0.944 bits per heavy atom. The monoisotopic (exact) mass is 240 g/mol. The van der Waals surface area contributed by atoms with Crippen LogP contribution in [0.2, 0.25) is 0 Å². The average molecular weight is 240 g/mol. The molecule has 0 aliphatic heterocycles. The van der Waals surface area contributed by atoms with Gasteiger partial charge in [-0.1, -0.05) is 60.7 Å². The van der Waals surface area contributed by atoms with Crippen molar-refractivity contribution in [1.29, 1.82) is 0 Å². The molecule has 2 heteroatoms. The Kier molecular flexibility index (Phi) is 4.02. The molecule has 18 heavy (non-hydrogen) atoms. The topological polar surface area (TPSA) is 18.5 Å². The second-order valence-corrected chi connectivity index (χ2v) is 3.80. The summed E-state index contributed by atoms with van der Waals surface area (Å²) in [5.74, 6) is 1.48. The maximum absolute atomic E-state index is 5.50. The highest BCUT2D eigenvalue weighted by Gasteiger charge is 2.12. The zero-order valence-electron chi connectivity index (χ0n) is 10.6. The molecule has 2 aromatic carbocycles. The smallest absolute Gasteiger partial charge is 0.168 e. The van der Waals surface area contributed by atoms with Crippen LogP contribution in [0.1, 0.15) is 11.1 Å². The molecule has 0 unspecified atom stereocenters. The highest BCUT2D eigenvalue weighted by atomic mass is 16.5. The first-order valence-corrected chi connectivity index (χ1v) is 5.80. The van der Waals surface area contributed by atoms with Gasteiger partial charge >= 0.3 is 0 Å². The van der Waals surface area contributed by atoms with Gasteiger partial charge in [-0.25, -0.2) is 0 Å². The van der Waals surface area contributed by atoms with Gasteiger partial charge in [-0.2, -0.15) is 0 Å². The van der Waals surface area contributed by atoms with E-state index in [1.165, 1.54) is 0 Å². The Hall–Kier alpha value is -2.22. The molecule has 0 radical (unpaired) electrons. The van der Waals surface area contributed by atoms with Gasteiger partial charge in [0, 0.05) is 11.1 Å². The SMILES string of the molecule is CO/C(=C(\OC)c1ccccc1)c1ccccc1. The van der Waals surface area contributed by atoms with Crippen molar-refractivity contribution < 1.29 is 9.47 Å². The molecule has 92 valence electrons. The summed E-state index contributed by atoms with van der Waals surface area (Å²) in [6.45, 7) is 0. The van der Waals surface area contributed by atoms with Crippen molar-refractivity contribution in [1.82, 2.24) is 0 Å². The number of rotatable bonds is 4. The normalized spacial score (nSPS) is 11.7. The fraction of sp³-hybridized carbons (Fsp3) is 0.125. The number of benzene rings is 2. The first-order chi connectivity index (χ1) is 8.86. The van der Waals surface area contributed by atoms with Crippen LogP contribution >= 0.6 is 0 Å². The molecule has 2 nitrogen and oxygen atoms in total. The molecule has 0 heterocycles. The summed E-state index contributed by atoms with van der Waals surface area (Å²) in [6, 6.07) is 19.9. The van der Waals surface area contributed by atoms with Crippen LogP contribution in [0, 0.1) is 0 Å². The molecular weight excluding hydrogens is 224 g/mol. The van der Waals surface area contributed by atoms with E-state index >= 15 is 0 Å². The quantitative estimate of drug-likeness (QED) is 0.597. The number of hydrogen-bond donors (Lipinski definition) is 0. The van der Waals surface area contributed by atoms with E-state index in [0.717, 1.165) is 22.6 Å². The molecule has 0 atom stereocenters. The first-order valence-electron chi connectivity index (χ1n) is 5.80. The van der Waals surface area contributed by atoms with Crippen LogP contribution in [0.15, 0.2) is 60.7 Å². The van der Waals surface area contributed by atoms with Crippen molar-refractivity contribution in [3.05, 3.63) is 71.8 Å². The van der Waals surface area contributed by atoms with Gasteiger partial charge in [-0.3, -0.25) is 0 Å². The lowest BCUT2D eigenvalue weighted by Crippen LogP contribution is -1.96. The molecular formula is C16H16O2. The largest absolute Gasteiger partial charge is 0.492 e. The van der Waals surface area contributed by atoms with E-state index in [1.54, 1.807) is 14.2 Å². The van der Waals surface area contributed by atoms with Crippen molar-refractivity contribution in [3.8, 4) is 0 Å². The summed E-state index contributed by atoms with van der Waals surface area (Å²) in [5, 5.41) is 0. The second-order valence-electron chi connectivity index (χ2n) is 3.80. The van der Waals surface area contributed by atoms with Crippen molar-refractivity contribution in [3.63, 3.8) is 0 Å². The van der Waals surface area contributed by atoms with E-state index < -0.39 is 0 Å². The lowest BCUT2D eigenvalue weighted by Gasteiger charge is -2.13. The van der Waals surface area contributed by atoms with Gasteiger partial charge in [0.05, 0.1) is 14.2 Å². The zero-order chi connectivity index (χ0) is 12.8. The fourth-order valence-corrected chi connectivity index (χ4v) is 1.86. The molecule has 0 saturated carbocycles. The van der Waals surface area contributed by atoms with Crippen molar-refractivity contribution >= 4 is 11.5 Å². The molecule has 0 spiro atoms. The van der Waals surface area contributed by atoms with E-state index in [-0.39, 0.29) is 0 Å². The third kappa shape index (κ3) is 2.54. The van der Waals surface area contributed by atoms with E-state index in [2.05, 4.69) is 0 Å². The number of hydrogen-bond acceptors (Lipinski definition) is 2. The summed E-state index contributed by atoms with van der Waals surface area (Å²) >= 11 is 0. The van der Waals surface area contributed by atoms with Crippen molar-refractivity contribution in [2.75, 3.05) is 14.2 Å². The van der Waals surface area contributed by atoms with E-state index in [0.29, 0.717) is 0 Å². The van der Waals surface area contributed by atoms with E-state index in [4.69, 9.17) is 9.47 Å². The van der Waals surface area contributed by atoms with Crippen LogP contribution in [-0.2, 0) is 9.47 Å². The van der Waals surface area contributed by atoms with Crippen LogP contribution in [0.5, 0.6) is 0 Å². The van der Waals surface area contributed by atoms with Crippen LogP contribution in [-0.4, -0.2) is 14.2 Å². The van der Waals surface area contributed by atoms with Gasteiger partial charge in [0.25, 0.3) is 0 Å². The second kappa shape index (κ2) is 5.92. The van der Waals surface area contributed by atoms with Gasteiger partial charge in [-0.15, -0.1) is 0 Å². The lowest BCUT2D eigenvalue weighted by atomic mass is 10.1. The van der Waals surface area contributed by atoms with Crippen LogP contribution < -0.4 is 0 Å². The standard InChI is InChI=1S/C16H16O2/c1-17-15(13-9-5-3-6-10-13)16(18-2)14-11-7-4-8-12-14/h3-12H,1-2H3/b16-15-. The summed E-state index contributed by atoms with van der Waals surface area (Å²) < 4.78 is 11.0. The maximum Gasteiger partial charge on any atom is 0.168 e. The third-order valence-corrected chi connectivity index (χ3v) is 2.69. The predicted octanol–water partition coefficient (Wildman–Crippen LogP) is 3.81. The predicted molar refractivity (Wildman–Crippen MR) is 73.7 cm³/mol. The third-order valence-electron chi connectivity index (χ3n) is 2.69. The molecule has 0 aromatic heterocycles. The summed E-state index contributed by atoms with van der Waals surface area (Å²) in [5.41, 5.74) is 2.00. The first kappa shape index (κ1) is 12.2. The average Bonchev–Trinajstić information content (AvgIpc) is 2.46. The molecule has 0 aliphatic rings. The lowest BCUT2D eigenvalue weighted by molar-refractivity contribution is 0.328. The Balaban J connectivity index is 2.53. The van der Waals surface area contributed by atoms with Crippen molar-refractivity contribution in [2.45, 2.75) is 0 Å². The summed E-state index contributed by atoms with van der Waals surface area (Å²) in [6.07, 6.45) is 0. The molecule has 0 amide bonds. The highest BCUT2D eigenvalue weighted by Crippen LogP contribution is 2.27. The van der Waals surface area contributed by atoms with Gasteiger partial charge in [-0.05, 0) is 0 Å². The molecule has 0 saturated heterocycles. The Labute approximate surface area is 107 Å². The molecule has 0 aliphatic carbocycles. The zero-order valence-corrected chi connectivity index (χ0v) is 10.6. The molecule has 0 N–H and O–H groups in total. The van der Waals surface area contributed by atoms with Gasteiger partial charge < -0.3 is 9.47 Å². The molecule has 2 rings (SSSR count). The fourth-order valence-electron chi connectivity index (χ4n) is 1.86. The summed E-state index contributed by atoms with van der Waals surface area (Å²) in [4.78, 5) is 0. The minimum Gasteiger partial charge on any atom is -0.492 e. The maximum atomic E-state index is 5.50. The molecule has 2 aromatic rings. The summed E-state index contributed by atoms with van der Waals surface area (Å²) in [7, 11) is 3.31. The number of methoxy groups -OCH3 is 2. The minimum atomic E-state index is 0.740. The van der Waals surface area contributed by atoms with Crippen molar-refractivity contribution in [2.24, 2.45) is 0 Å². The Morgan fingerprint density at radius 3 is 1.22 bits per heavy atom. The Morgan fingerprint density at radius 1 is 0.611 bits per heavy atom. The van der Waals surface area contributed by atoms with Gasteiger partial charge in [0.1, 0.15) is 0 Å². The van der Waals surface area contributed by atoms with Crippen LogP contribution in [0.4, 0.5) is 0 Å². The Bertz CT molecular complexity index is 466. The van der Waals surface area contributed by atoms with Crippen LogP contribution in [0.3, 0.4) is 0 Å². The molecule has 0 bridgehead atoms. The highest BCUT2D eigenvalue weighted by molar-refractivity contribution is 5.83.